The highest BCUT2D eigenvalue weighted by Crippen LogP contribution is 2.24. The molecule has 0 unspecified atom stereocenters. The number of nitrogens with one attached hydrogen (secondary N) is 1. The van der Waals surface area contributed by atoms with Gasteiger partial charge in [-0.1, -0.05) is 26.0 Å². The molecule has 1 aliphatic heterocycles. The number of para-hydroxylation sites is 1. The maximum Gasteiger partial charge on any atom is 0.254 e. The van der Waals surface area contributed by atoms with E-state index in [9.17, 15) is 14.3 Å². The van der Waals surface area contributed by atoms with Gasteiger partial charge in [0.15, 0.2) is 11.6 Å². The van der Waals surface area contributed by atoms with Gasteiger partial charge >= 0.3 is 0 Å². The molecule has 0 atom stereocenters. The average Bonchev–Trinajstić information content (AvgIpc) is 2.51. The minimum absolute atomic E-state index is 0.0630. The summed E-state index contributed by atoms with van der Waals surface area (Å²) >= 11 is 0. The molecule has 23 heavy (non-hydrogen) atoms. The van der Waals surface area contributed by atoms with E-state index >= 15 is 0 Å². The summed E-state index contributed by atoms with van der Waals surface area (Å²) in [5.41, 5.74) is 1.99. The first-order valence-corrected chi connectivity index (χ1v) is 7.76. The van der Waals surface area contributed by atoms with Gasteiger partial charge in [0, 0.05) is 36.7 Å². The summed E-state index contributed by atoms with van der Waals surface area (Å²) in [4.78, 5) is 21.6. The number of hydrogen-bond acceptors (Lipinski definition) is 4. The van der Waals surface area contributed by atoms with Crippen LogP contribution in [0.5, 0.6) is 5.75 Å². The molecule has 0 spiro atoms. The Morgan fingerprint density at radius 1 is 1.43 bits per heavy atom. The lowest BCUT2D eigenvalue weighted by atomic mass is 10.0. The molecule has 0 bridgehead atoms. The fraction of sp³-hybridized carbons (Fsp3) is 0.412. The van der Waals surface area contributed by atoms with Gasteiger partial charge < -0.3 is 10.1 Å². The molecule has 122 valence electrons. The van der Waals surface area contributed by atoms with Crippen molar-refractivity contribution in [1.29, 1.82) is 0 Å². The standard InChI is InChI=1S/C17H20FN3O2/c1-10(2)16-19-14-9-21(7-6-12(14)17(23)20-16)8-11-4-3-5-13(18)15(11)22/h3-5,10,22H,6-9H2,1-2H3,(H,19,20,23). The number of aromatic nitrogens is 2. The fourth-order valence-electron chi connectivity index (χ4n) is 2.85. The smallest absolute Gasteiger partial charge is 0.254 e. The zero-order valence-corrected chi connectivity index (χ0v) is 13.3. The normalized spacial score (nSPS) is 15.0. The molecule has 5 nitrogen and oxygen atoms in total. The van der Waals surface area contributed by atoms with Crippen molar-refractivity contribution in [3.05, 3.63) is 57.0 Å². The summed E-state index contributed by atoms with van der Waals surface area (Å²) in [5, 5.41) is 9.81. The largest absolute Gasteiger partial charge is 0.505 e. The van der Waals surface area contributed by atoms with Crippen molar-refractivity contribution < 1.29 is 9.50 Å². The molecule has 1 aromatic carbocycles. The van der Waals surface area contributed by atoms with E-state index < -0.39 is 5.82 Å². The van der Waals surface area contributed by atoms with Crippen LogP contribution in [0.3, 0.4) is 0 Å². The molecule has 2 aromatic rings. The number of phenols is 1. The predicted molar refractivity (Wildman–Crippen MR) is 84.8 cm³/mol. The molecule has 6 heteroatoms. The number of aromatic amines is 1. The SMILES string of the molecule is CC(C)c1nc2c(c(=O)[nH]1)CCN(Cc1cccc(F)c1O)C2. The maximum absolute atomic E-state index is 13.4. The number of fused-ring (bicyclic) bond motifs is 1. The lowest BCUT2D eigenvalue weighted by Crippen LogP contribution is -2.35. The first-order valence-electron chi connectivity index (χ1n) is 7.76. The molecule has 0 saturated carbocycles. The van der Waals surface area contributed by atoms with Crippen molar-refractivity contribution in [2.45, 2.75) is 39.3 Å². The highest BCUT2D eigenvalue weighted by atomic mass is 19.1. The lowest BCUT2D eigenvalue weighted by molar-refractivity contribution is 0.236. The molecule has 0 saturated heterocycles. The first kappa shape index (κ1) is 15.7. The Balaban J connectivity index is 1.85. The average molecular weight is 317 g/mol. The van der Waals surface area contributed by atoms with E-state index in [2.05, 4.69) is 14.9 Å². The van der Waals surface area contributed by atoms with Crippen LogP contribution >= 0.6 is 0 Å². The summed E-state index contributed by atoms with van der Waals surface area (Å²) in [6.07, 6.45) is 0.603. The Morgan fingerprint density at radius 3 is 2.96 bits per heavy atom. The van der Waals surface area contributed by atoms with E-state index in [0.29, 0.717) is 37.4 Å². The van der Waals surface area contributed by atoms with Gasteiger partial charge in [-0.3, -0.25) is 9.69 Å². The van der Waals surface area contributed by atoms with Crippen molar-refractivity contribution in [2.24, 2.45) is 0 Å². The molecule has 0 fully saturated rings. The topological polar surface area (TPSA) is 69.2 Å². The molecule has 0 amide bonds. The van der Waals surface area contributed by atoms with Gasteiger partial charge in [-0.05, 0) is 12.5 Å². The second-order valence-electron chi connectivity index (χ2n) is 6.24. The quantitative estimate of drug-likeness (QED) is 0.911. The molecule has 3 rings (SSSR count). The Hall–Kier alpha value is -2.21. The summed E-state index contributed by atoms with van der Waals surface area (Å²) in [6.45, 7) is 5.59. The minimum Gasteiger partial charge on any atom is -0.505 e. The minimum atomic E-state index is -0.614. The second kappa shape index (κ2) is 6.12. The molecule has 2 heterocycles. The van der Waals surface area contributed by atoms with Crippen molar-refractivity contribution in [2.75, 3.05) is 6.54 Å². The number of halogens is 1. The van der Waals surface area contributed by atoms with Gasteiger partial charge in [0.05, 0.1) is 5.69 Å². The number of aromatic hydroxyl groups is 1. The zero-order valence-electron chi connectivity index (χ0n) is 13.3. The van der Waals surface area contributed by atoms with Crippen LogP contribution in [0.25, 0.3) is 0 Å². The third kappa shape index (κ3) is 3.12. The summed E-state index contributed by atoms with van der Waals surface area (Å²) in [5.74, 6) is -0.0866. The lowest BCUT2D eigenvalue weighted by Gasteiger charge is -2.28. The van der Waals surface area contributed by atoms with Crippen molar-refractivity contribution in [1.82, 2.24) is 14.9 Å². The highest BCUT2D eigenvalue weighted by Gasteiger charge is 2.22. The predicted octanol–water partition coefficient (Wildman–Crippen LogP) is 2.30. The Labute approximate surface area is 133 Å². The molecule has 1 aromatic heterocycles. The van der Waals surface area contributed by atoms with Crippen molar-refractivity contribution in [3.8, 4) is 5.75 Å². The van der Waals surface area contributed by atoms with E-state index in [-0.39, 0.29) is 17.2 Å². The van der Waals surface area contributed by atoms with E-state index in [0.717, 1.165) is 11.3 Å². The monoisotopic (exact) mass is 317 g/mol. The number of nitrogens with zero attached hydrogens (tertiary/aromatic N) is 2. The zero-order chi connectivity index (χ0) is 16.6. The fourth-order valence-corrected chi connectivity index (χ4v) is 2.85. The molecule has 0 aliphatic carbocycles. The number of benzene rings is 1. The van der Waals surface area contributed by atoms with Gasteiger partial charge in [0.2, 0.25) is 0 Å². The molecule has 1 aliphatic rings. The molecule has 2 N–H and O–H groups in total. The van der Waals surface area contributed by atoms with Gasteiger partial charge in [-0.15, -0.1) is 0 Å². The van der Waals surface area contributed by atoms with Gasteiger partial charge in [-0.2, -0.15) is 0 Å². The van der Waals surface area contributed by atoms with E-state index in [4.69, 9.17) is 0 Å². The number of H-pyrrole nitrogens is 1. The van der Waals surface area contributed by atoms with Crippen LogP contribution in [-0.4, -0.2) is 26.5 Å². The van der Waals surface area contributed by atoms with Crippen LogP contribution in [0.4, 0.5) is 4.39 Å². The third-order valence-corrected chi connectivity index (χ3v) is 4.18. The van der Waals surface area contributed by atoms with Crippen LogP contribution in [0.2, 0.25) is 0 Å². The Bertz CT molecular complexity index is 786. The van der Waals surface area contributed by atoms with E-state index in [1.165, 1.54) is 6.07 Å². The van der Waals surface area contributed by atoms with Crippen LogP contribution in [-0.2, 0) is 19.5 Å². The number of hydrogen-bond donors (Lipinski definition) is 2. The maximum atomic E-state index is 13.4. The van der Waals surface area contributed by atoms with Crippen molar-refractivity contribution in [3.63, 3.8) is 0 Å². The van der Waals surface area contributed by atoms with E-state index in [1.54, 1.807) is 12.1 Å². The third-order valence-electron chi connectivity index (χ3n) is 4.18. The number of phenolic OH excluding ortho intramolecular Hbond substituents is 1. The van der Waals surface area contributed by atoms with Crippen LogP contribution in [0, 0.1) is 5.82 Å². The van der Waals surface area contributed by atoms with Crippen LogP contribution < -0.4 is 5.56 Å². The van der Waals surface area contributed by atoms with Gasteiger partial charge in [0.25, 0.3) is 5.56 Å². The van der Waals surface area contributed by atoms with Crippen molar-refractivity contribution >= 4 is 0 Å². The molecular formula is C17H20FN3O2. The summed E-state index contributed by atoms with van der Waals surface area (Å²) in [7, 11) is 0. The van der Waals surface area contributed by atoms with Crippen LogP contribution in [0.1, 0.15) is 42.4 Å². The first-order chi connectivity index (χ1) is 11.0. The molecule has 0 radical (unpaired) electrons. The molecular weight excluding hydrogens is 297 g/mol. The van der Waals surface area contributed by atoms with Gasteiger partial charge in [0.1, 0.15) is 5.82 Å². The summed E-state index contributed by atoms with van der Waals surface area (Å²) in [6, 6.07) is 4.53. The highest BCUT2D eigenvalue weighted by molar-refractivity contribution is 5.33. The van der Waals surface area contributed by atoms with E-state index in [1.807, 2.05) is 13.8 Å². The van der Waals surface area contributed by atoms with Gasteiger partial charge in [-0.25, -0.2) is 9.37 Å². The summed E-state index contributed by atoms with van der Waals surface area (Å²) < 4.78 is 13.4. The van der Waals surface area contributed by atoms with Crippen LogP contribution in [0.15, 0.2) is 23.0 Å². The number of rotatable bonds is 3. The second-order valence-corrected chi connectivity index (χ2v) is 6.24. The Kier molecular flexibility index (Phi) is 4.17. The Morgan fingerprint density at radius 2 is 2.22 bits per heavy atom.